The minimum absolute atomic E-state index is 0.126. The molecule has 3 rings (SSSR count). The van der Waals surface area contributed by atoms with Crippen LogP contribution >= 0.6 is 11.6 Å². The molecule has 1 aromatic carbocycles. The quantitative estimate of drug-likeness (QED) is 0.645. The van der Waals surface area contributed by atoms with Crippen molar-refractivity contribution in [1.82, 2.24) is 10.2 Å². The molecule has 2 fully saturated rings. The van der Waals surface area contributed by atoms with Crippen molar-refractivity contribution in [3.63, 3.8) is 0 Å². The summed E-state index contributed by atoms with van der Waals surface area (Å²) in [6.07, 6.45) is 5.00. The molecule has 1 heterocycles. The van der Waals surface area contributed by atoms with Crippen molar-refractivity contribution in [2.45, 2.75) is 38.3 Å². The maximum atomic E-state index is 11.1. The van der Waals surface area contributed by atoms with E-state index in [1.807, 2.05) is 0 Å². The summed E-state index contributed by atoms with van der Waals surface area (Å²) in [5.74, 6) is 0.912. The fourth-order valence-electron chi connectivity index (χ4n) is 3.03. The Bertz CT molecular complexity index is 540. The topological polar surface area (TPSA) is 58.4 Å². The number of hydrogen-bond acceptors (Lipinski definition) is 4. The molecule has 1 N–H and O–H groups in total. The number of likely N-dealkylation sites (tertiary alicyclic amines) is 1. The molecule has 1 saturated carbocycles. The fourth-order valence-corrected chi connectivity index (χ4v) is 3.20. The summed E-state index contributed by atoms with van der Waals surface area (Å²) < 4.78 is 0. The SMILES string of the molecule is O=[N+]([O-])c1cc(Cl)ccc1CN1CCC(NCC2CC2)CC1. The number of nitro groups is 1. The summed E-state index contributed by atoms with van der Waals surface area (Å²) in [5, 5.41) is 15.2. The van der Waals surface area contributed by atoms with Crippen LogP contribution in [0.25, 0.3) is 0 Å². The average Bonchev–Trinajstić information content (AvgIpc) is 3.32. The lowest BCUT2D eigenvalue weighted by molar-refractivity contribution is -0.385. The van der Waals surface area contributed by atoms with Crippen LogP contribution in [-0.4, -0.2) is 35.5 Å². The van der Waals surface area contributed by atoms with E-state index in [0.717, 1.165) is 44.0 Å². The van der Waals surface area contributed by atoms with Crippen LogP contribution in [0.4, 0.5) is 5.69 Å². The predicted molar refractivity (Wildman–Crippen MR) is 87.1 cm³/mol. The summed E-state index contributed by atoms with van der Waals surface area (Å²) in [5.41, 5.74) is 0.875. The molecule has 5 nitrogen and oxygen atoms in total. The maximum absolute atomic E-state index is 11.1. The highest BCUT2D eigenvalue weighted by molar-refractivity contribution is 6.30. The van der Waals surface area contributed by atoms with Crippen LogP contribution in [0, 0.1) is 16.0 Å². The van der Waals surface area contributed by atoms with Crippen LogP contribution < -0.4 is 5.32 Å². The van der Waals surface area contributed by atoms with E-state index in [1.165, 1.54) is 18.9 Å². The summed E-state index contributed by atoms with van der Waals surface area (Å²) in [6, 6.07) is 5.56. The van der Waals surface area contributed by atoms with E-state index in [1.54, 1.807) is 12.1 Å². The Morgan fingerprint density at radius 1 is 1.27 bits per heavy atom. The van der Waals surface area contributed by atoms with Crippen molar-refractivity contribution in [2.75, 3.05) is 19.6 Å². The number of nitro benzene ring substituents is 1. The molecule has 0 aromatic heterocycles. The minimum Gasteiger partial charge on any atom is -0.314 e. The lowest BCUT2D eigenvalue weighted by atomic mass is 10.0. The van der Waals surface area contributed by atoms with E-state index >= 15 is 0 Å². The highest BCUT2D eigenvalue weighted by atomic mass is 35.5. The van der Waals surface area contributed by atoms with Crippen LogP contribution in [0.2, 0.25) is 5.02 Å². The van der Waals surface area contributed by atoms with E-state index in [-0.39, 0.29) is 10.6 Å². The van der Waals surface area contributed by atoms with E-state index in [2.05, 4.69) is 10.2 Å². The lowest BCUT2D eigenvalue weighted by Crippen LogP contribution is -2.42. The van der Waals surface area contributed by atoms with Crippen LogP contribution in [0.5, 0.6) is 0 Å². The molecule has 0 atom stereocenters. The Hall–Kier alpha value is -1.17. The first-order valence-corrected chi connectivity index (χ1v) is 8.38. The van der Waals surface area contributed by atoms with Gasteiger partial charge < -0.3 is 5.32 Å². The van der Waals surface area contributed by atoms with Gasteiger partial charge in [-0.1, -0.05) is 11.6 Å². The second-order valence-electron chi connectivity index (χ2n) is 6.43. The van der Waals surface area contributed by atoms with Crippen molar-refractivity contribution in [3.8, 4) is 0 Å². The van der Waals surface area contributed by atoms with Crippen molar-refractivity contribution in [1.29, 1.82) is 0 Å². The highest BCUT2D eigenvalue weighted by Gasteiger charge is 2.25. The van der Waals surface area contributed by atoms with Gasteiger partial charge in [-0.2, -0.15) is 0 Å². The second kappa shape index (κ2) is 6.94. The zero-order valence-corrected chi connectivity index (χ0v) is 13.4. The third-order valence-corrected chi connectivity index (χ3v) is 4.85. The molecular weight excluding hydrogens is 302 g/mol. The highest BCUT2D eigenvalue weighted by Crippen LogP contribution is 2.28. The molecule has 1 saturated heterocycles. The Kier molecular flexibility index (Phi) is 4.96. The largest absolute Gasteiger partial charge is 0.314 e. The van der Waals surface area contributed by atoms with E-state index in [9.17, 15) is 10.1 Å². The van der Waals surface area contributed by atoms with Gasteiger partial charge in [-0.15, -0.1) is 0 Å². The fraction of sp³-hybridized carbons (Fsp3) is 0.625. The Morgan fingerprint density at radius 3 is 2.64 bits per heavy atom. The number of hydrogen-bond donors (Lipinski definition) is 1. The Morgan fingerprint density at radius 2 is 2.00 bits per heavy atom. The van der Waals surface area contributed by atoms with Crippen molar-refractivity contribution < 1.29 is 4.92 Å². The zero-order chi connectivity index (χ0) is 15.5. The van der Waals surface area contributed by atoms with Gasteiger partial charge in [0.1, 0.15) is 0 Å². The predicted octanol–water partition coefficient (Wildman–Crippen LogP) is 3.21. The van der Waals surface area contributed by atoms with Crippen LogP contribution in [0.15, 0.2) is 18.2 Å². The van der Waals surface area contributed by atoms with Gasteiger partial charge in [-0.25, -0.2) is 0 Å². The number of piperidine rings is 1. The van der Waals surface area contributed by atoms with Crippen molar-refractivity contribution >= 4 is 17.3 Å². The molecule has 0 spiro atoms. The van der Waals surface area contributed by atoms with Crippen molar-refractivity contribution in [3.05, 3.63) is 38.9 Å². The van der Waals surface area contributed by atoms with Crippen LogP contribution in [-0.2, 0) is 6.54 Å². The first-order chi connectivity index (χ1) is 10.6. The number of halogens is 1. The smallest absolute Gasteiger partial charge is 0.275 e. The first-order valence-electron chi connectivity index (χ1n) is 8.00. The standard InChI is InChI=1S/C16H22ClN3O2/c17-14-4-3-13(16(9-14)20(21)22)11-19-7-5-15(6-8-19)18-10-12-1-2-12/h3-4,9,12,15,18H,1-2,5-8,10-11H2. The van der Waals surface area contributed by atoms with Gasteiger partial charge in [0, 0.05) is 29.2 Å². The summed E-state index contributed by atoms with van der Waals surface area (Å²) >= 11 is 5.86. The lowest BCUT2D eigenvalue weighted by Gasteiger charge is -2.32. The average molecular weight is 324 g/mol. The summed E-state index contributed by atoms with van der Waals surface area (Å²) in [6.45, 7) is 3.76. The Labute approximate surface area is 135 Å². The third kappa shape index (κ3) is 4.18. The van der Waals surface area contributed by atoms with Gasteiger partial charge in [0.2, 0.25) is 0 Å². The molecule has 120 valence electrons. The zero-order valence-electron chi connectivity index (χ0n) is 12.6. The molecule has 22 heavy (non-hydrogen) atoms. The van der Waals surface area contributed by atoms with Gasteiger partial charge in [-0.3, -0.25) is 15.0 Å². The molecule has 2 aliphatic rings. The number of nitrogens with zero attached hydrogens (tertiary/aromatic N) is 2. The van der Waals surface area contributed by atoms with Gasteiger partial charge in [0.25, 0.3) is 5.69 Å². The number of rotatable bonds is 6. The van der Waals surface area contributed by atoms with Gasteiger partial charge in [0.05, 0.1) is 4.92 Å². The number of benzene rings is 1. The van der Waals surface area contributed by atoms with Crippen LogP contribution in [0.3, 0.4) is 0 Å². The number of nitrogens with one attached hydrogen (secondary N) is 1. The maximum Gasteiger partial charge on any atom is 0.275 e. The van der Waals surface area contributed by atoms with Gasteiger partial charge in [0.15, 0.2) is 0 Å². The molecular formula is C16H22ClN3O2. The van der Waals surface area contributed by atoms with Crippen molar-refractivity contribution in [2.24, 2.45) is 5.92 Å². The molecule has 1 aromatic rings. The molecule has 0 amide bonds. The first kappa shape index (κ1) is 15.7. The molecule has 6 heteroatoms. The second-order valence-corrected chi connectivity index (χ2v) is 6.87. The summed E-state index contributed by atoms with van der Waals surface area (Å²) in [4.78, 5) is 13.1. The normalized spacial score (nSPS) is 20.2. The Balaban J connectivity index is 1.52. The van der Waals surface area contributed by atoms with Gasteiger partial charge in [-0.05, 0) is 63.4 Å². The molecule has 1 aliphatic heterocycles. The summed E-state index contributed by atoms with van der Waals surface area (Å²) in [7, 11) is 0. The van der Waals surface area contributed by atoms with Crippen LogP contribution in [0.1, 0.15) is 31.2 Å². The molecule has 0 bridgehead atoms. The molecule has 0 unspecified atom stereocenters. The minimum atomic E-state index is -0.342. The van der Waals surface area contributed by atoms with E-state index in [0.29, 0.717) is 17.6 Å². The monoisotopic (exact) mass is 323 g/mol. The molecule has 0 radical (unpaired) electrons. The molecule has 1 aliphatic carbocycles. The van der Waals surface area contributed by atoms with E-state index < -0.39 is 0 Å². The van der Waals surface area contributed by atoms with Gasteiger partial charge >= 0.3 is 0 Å². The third-order valence-electron chi connectivity index (χ3n) is 4.62. The van der Waals surface area contributed by atoms with E-state index in [4.69, 9.17) is 11.6 Å².